The number of anilines is 1. The molecule has 4 rings (SSSR count). The lowest BCUT2D eigenvalue weighted by Gasteiger charge is -2.34. The largest absolute Gasteiger partial charge is 0.330 e. The minimum Gasteiger partial charge on any atom is -0.330 e. The first-order valence-electron chi connectivity index (χ1n) is 9.78. The Bertz CT molecular complexity index is 931. The van der Waals surface area contributed by atoms with Crippen molar-refractivity contribution in [3.8, 4) is 11.4 Å². The number of imidazole rings is 1. The van der Waals surface area contributed by atoms with Crippen LogP contribution in [0.3, 0.4) is 0 Å². The predicted octanol–water partition coefficient (Wildman–Crippen LogP) is 1.97. The summed E-state index contributed by atoms with van der Waals surface area (Å²) >= 11 is 1.39. The normalized spacial score (nSPS) is 15.5. The molecule has 3 aromatic rings. The second kappa shape index (κ2) is 9.25. The number of carbonyl (C=O) groups is 1. The van der Waals surface area contributed by atoms with Gasteiger partial charge >= 0.3 is 0 Å². The molecule has 1 aromatic carbocycles. The van der Waals surface area contributed by atoms with Gasteiger partial charge < -0.3 is 4.57 Å². The Labute approximate surface area is 174 Å². The van der Waals surface area contributed by atoms with Crippen molar-refractivity contribution < 1.29 is 4.79 Å². The van der Waals surface area contributed by atoms with Gasteiger partial charge in [-0.25, -0.2) is 4.98 Å². The summed E-state index contributed by atoms with van der Waals surface area (Å²) in [7, 11) is 0. The SMILES string of the molecule is Cc1nnc(NC(=O)CN2CCN(CCn3ccnc3-c3ccccc3)CC2)s1. The van der Waals surface area contributed by atoms with E-state index in [1.54, 1.807) is 0 Å². The highest BCUT2D eigenvalue weighted by molar-refractivity contribution is 7.15. The molecule has 1 amide bonds. The zero-order chi connectivity index (χ0) is 20.1. The van der Waals surface area contributed by atoms with E-state index < -0.39 is 0 Å². The van der Waals surface area contributed by atoms with E-state index in [0.717, 1.165) is 55.7 Å². The van der Waals surface area contributed by atoms with Crippen molar-refractivity contribution in [3.05, 3.63) is 47.7 Å². The van der Waals surface area contributed by atoms with Crippen LogP contribution in [0.25, 0.3) is 11.4 Å². The lowest BCUT2D eigenvalue weighted by Crippen LogP contribution is -2.49. The number of hydrogen-bond acceptors (Lipinski definition) is 7. The highest BCUT2D eigenvalue weighted by Crippen LogP contribution is 2.17. The maximum Gasteiger partial charge on any atom is 0.240 e. The van der Waals surface area contributed by atoms with Crippen LogP contribution in [-0.4, -0.2) is 74.7 Å². The number of carbonyl (C=O) groups excluding carboxylic acids is 1. The Balaban J connectivity index is 1.22. The number of piperazine rings is 1. The van der Waals surface area contributed by atoms with Crippen molar-refractivity contribution in [2.75, 3.05) is 44.6 Å². The molecule has 3 heterocycles. The van der Waals surface area contributed by atoms with Crippen LogP contribution in [-0.2, 0) is 11.3 Å². The molecular formula is C20H25N7OS. The fourth-order valence-corrected chi connectivity index (χ4v) is 4.07. The number of rotatable bonds is 7. The average molecular weight is 412 g/mol. The summed E-state index contributed by atoms with van der Waals surface area (Å²) in [4.78, 5) is 21.3. The molecule has 0 saturated carbocycles. The maximum atomic E-state index is 12.2. The molecule has 1 saturated heterocycles. The van der Waals surface area contributed by atoms with Gasteiger partial charge in [0.05, 0.1) is 6.54 Å². The molecule has 0 aliphatic carbocycles. The number of hydrogen-bond donors (Lipinski definition) is 1. The number of amides is 1. The summed E-state index contributed by atoms with van der Waals surface area (Å²) in [5.41, 5.74) is 1.14. The third-order valence-electron chi connectivity index (χ3n) is 5.01. The molecule has 1 aliphatic heterocycles. The molecule has 9 heteroatoms. The molecule has 0 atom stereocenters. The minimum atomic E-state index is -0.0273. The molecule has 0 unspecified atom stereocenters. The molecule has 1 fully saturated rings. The van der Waals surface area contributed by atoms with E-state index in [1.807, 2.05) is 37.5 Å². The van der Waals surface area contributed by atoms with Gasteiger partial charge in [-0.1, -0.05) is 41.7 Å². The van der Waals surface area contributed by atoms with Gasteiger partial charge in [-0.05, 0) is 6.92 Å². The molecular weight excluding hydrogens is 386 g/mol. The predicted molar refractivity (Wildman–Crippen MR) is 114 cm³/mol. The molecule has 0 bridgehead atoms. The van der Waals surface area contributed by atoms with E-state index in [-0.39, 0.29) is 5.91 Å². The van der Waals surface area contributed by atoms with Gasteiger partial charge in [0.15, 0.2) is 0 Å². The van der Waals surface area contributed by atoms with E-state index in [2.05, 4.69) is 47.0 Å². The van der Waals surface area contributed by atoms with Crippen molar-refractivity contribution in [1.82, 2.24) is 29.5 Å². The lowest BCUT2D eigenvalue weighted by atomic mass is 10.2. The highest BCUT2D eigenvalue weighted by atomic mass is 32.1. The summed E-state index contributed by atoms with van der Waals surface area (Å²) in [5.74, 6) is 0.980. The number of nitrogens with zero attached hydrogens (tertiary/aromatic N) is 6. The van der Waals surface area contributed by atoms with Gasteiger partial charge in [-0.15, -0.1) is 10.2 Å². The van der Waals surface area contributed by atoms with Crippen molar-refractivity contribution in [3.63, 3.8) is 0 Å². The van der Waals surface area contributed by atoms with Gasteiger partial charge in [0.2, 0.25) is 11.0 Å². The van der Waals surface area contributed by atoms with Crippen LogP contribution in [0, 0.1) is 6.92 Å². The molecule has 152 valence electrons. The first-order valence-corrected chi connectivity index (χ1v) is 10.6. The maximum absolute atomic E-state index is 12.2. The van der Waals surface area contributed by atoms with Gasteiger partial charge in [-0.3, -0.25) is 19.9 Å². The highest BCUT2D eigenvalue weighted by Gasteiger charge is 2.19. The first kappa shape index (κ1) is 19.7. The third kappa shape index (κ3) is 5.26. The fraction of sp³-hybridized carbons (Fsp3) is 0.400. The van der Waals surface area contributed by atoms with Crippen LogP contribution < -0.4 is 5.32 Å². The van der Waals surface area contributed by atoms with Crippen molar-refractivity contribution in [2.24, 2.45) is 0 Å². The smallest absolute Gasteiger partial charge is 0.240 e. The summed E-state index contributed by atoms with van der Waals surface area (Å²) in [6.45, 7) is 7.84. The number of aryl methyl sites for hydroxylation is 1. The van der Waals surface area contributed by atoms with Crippen molar-refractivity contribution in [1.29, 1.82) is 0 Å². The Morgan fingerprint density at radius 1 is 1.07 bits per heavy atom. The molecule has 8 nitrogen and oxygen atoms in total. The van der Waals surface area contributed by atoms with E-state index in [4.69, 9.17) is 0 Å². The lowest BCUT2D eigenvalue weighted by molar-refractivity contribution is -0.117. The third-order valence-corrected chi connectivity index (χ3v) is 5.76. The topological polar surface area (TPSA) is 79.2 Å². The molecule has 2 aromatic heterocycles. The Morgan fingerprint density at radius 2 is 1.83 bits per heavy atom. The molecule has 1 aliphatic rings. The fourth-order valence-electron chi connectivity index (χ4n) is 3.47. The Hall–Kier alpha value is -2.62. The molecule has 29 heavy (non-hydrogen) atoms. The van der Waals surface area contributed by atoms with E-state index in [0.29, 0.717) is 11.7 Å². The monoisotopic (exact) mass is 411 g/mol. The quantitative estimate of drug-likeness (QED) is 0.640. The zero-order valence-corrected chi connectivity index (χ0v) is 17.3. The zero-order valence-electron chi connectivity index (χ0n) is 16.5. The average Bonchev–Trinajstić information content (AvgIpc) is 3.37. The summed E-state index contributed by atoms with van der Waals surface area (Å²) < 4.78 is 2.21. The van der Waals surface area contributed by atoms with Gasteiger partial charge in [0, 0.05) is 57.2 Å². The first-order chi connectivity index (χ1) is 14.2. The molecule has 0 radical (unpaired) electrons. The van der Waals surface area contributed by atoms with Crippen LogP contribution in [0.2, 0.25) is 0 Å². The number of nitrogens with one attached hydrogen (secondary N) is 1. The van der Waals surface area contributed by atoms with Crippen LogP contribution >= 0.6 is 11.3 Å². The van der Waals surface area contributed by atoms with Crippen molar-refractivity contribution in [2.45, 2.75) is 13.5 Å². The van der Waals surface area contributed by atoms with E-state index >= 15 is 0 Å². The van der Waals surface area contributed by atoms with Crippen LogP contribution in [0.1, 0.15) is 5.01 Å². The van der Waals surface area contributed by atoms with E-state index in [9.17, 15) is 4.79 Å². The van der Waals surface area contributed by atoms with Crippen LogP contribution in [0.5, 0.6) is 0 Å². The number of benzene rings is 1. The van der Waals surface area contributed by atoms with Crippen LogP contribution in [0.4, 0.5) is 5.13 Å². The summed E-state index contributed by atoms with van der Waals surface area (Å²) in [5, 5.41) is 12.1. The van der Waals surface area contributed by atoms with E-state index in [1.165, 1.54) is 11.3 Å². The van der Waals surface area contributed by atoms with Gasteiger partial charge in [0.1, 0.15) is 10.8 Å². The summed E-state index contributed by atoms with van der Waals surface area (Å²) in [6.07, 6.45) is 3.90. The summed E-state index contributed by atoms with van der Waals surface area (Å²) in [6, 6.07) is 10.3. The number of aromatic nitrogens is 4. The molecule has 0 spiro atoms. The Kier molecular flexibility index (Phi) is 6.28. The van der Waals surface area contributed by atoms with Gasteiger partial charge in [0.25, 0.3) is 0 Å². The standard InChI is InChI=1S/C20H25N7OS/c1-16-23-24-20(29-16)22-18(28)15-26-11-9-25(10-12-26)13-14-27-8-7-21-19(27)17-5-3-2-4-6-17/h2-8H,9-15H2,1H3,(H,22,24,28). The minimum absolute atomic E-state index is 0.0273. The van der Waals surface area contributed by atoms with Crippen LogP contribution in [0.15, 0.2) is 42.7 Å². The van der Waals surface area contributed by atoms with Crippen molar-refractivity contribution >= 4 is 22.4 Å². The second-order valence-corrected chi connectivity index (χ2v) is 8.28. The Morgan fingerprint density at radius 3 is 2.55 bits per heavy atom. The second-order valence-electron chi connectivity index (χ2n) is 7.10. The van der Waals surface area contributed by atoms with Gasteiger partial charge in [-0.2, -0.15) is 0 Å². The molecule has 1 N–H and O–H groups in total.